The van der Waals surface area contributed by atoms with Crippen molar-refractivity contribution in [2.45, 2.75) is 37.6 Å². The van der Waals surface area contributed by atoms with Crippen molar-refractivity contribution >= 4 is 21.7 Å². The first-order valence-electron chi connectivity index (χ1n) is 5.96. The van der Waals surface area contributed by atoms with E-state index in [0.717, 1.165) is 0 Å². The first kappa shape index (κ1) is 17.1. The number of carbonyl (C=O) groups is 1. The van der Waals surface area contributed by atoms with Gasteiger partial charge in [0.1, 0.15) is 0 Å². The molecule has 0 saturated carbocycles. The molecule has 116 valence electrons. The molecule has 0 atom stereocenters. The zero-order valence-corrected chi connectivity index (χ0v) is 12.6. The van der Waals surface area contributed by atoms with Crippen LogP contribution >= 0.6 is 0 Å². The number of aliphatic carboxylic acids is 1. The van der Waals surface area contributed by atoms with Crippen LogP contribution in [0, 0.1) is 17.0 Å². The van der Waals surface area contributed by atoms with Gasteiger partial charge in [0.25, 0.3) is 5.69 Å². The smallest absolute Gasteiger partial charge is 0.305 e. The molecule has 0 amide bonds. The summed E-state index contributed by atoms with van der Waals surface area (Å²) in [5.41, 5.74) is -1.53. The van der Waals surface area contributed by atoms with Crippen LogP contribution < -0.4 is 4.72 Å². The molecule has 1 aromatic carbocycles. The van der Waals surface area contributed by atoms with Crippen LogP contribution in [0.4, 0.5) is 5.69 Å². The van der Waals surface area contributed by atoms with Gasteiger partial charge in [-0.25, -0.2) is 13.1 Å². The van der Waals surface area contributed by atoms with E-state index in [1.165, 1.54) is 39.0 Å². The molecule has 8 nitrogen and oxygen atoms in total. The second-order valence-electron chi connectivity index (χ2n) is 5.22. The fourth-order valence-electron chi connectivity index (χ4n) is 1.92. The third kappa shape index (κ3) is 4.23. The number of nitro benzene ring substituents is 1. The first-order valence-corrected chi connectivity index (χ1v) is 7.44. The summed E-state index contributed by atoms with van der Waals surface area (Å²) in [7, 11) is -4.07. The number of nitrogens with one attached hydrogen (secondary N) is 1. The predicted molar refractivity (Wildman–Crippen MR) is 74.5 cm³/mol. The van der Waals surface area contributed by atoms with E-state index in [2.05, 4.69) is 4.72 Å². The SMILES string of the molecule is Cc1c([N+](=O)[O-])cccc1S(=O)(=O)NC(C)(C)CC(=O)O. The van der Waals surface area contributed by atoms with Gasteiger partial charge in [-0.2, -0.15) is 0 Å². The van der Waals surface area contributed by atoms with Crippen LogP contribution in [0.15, 0.2) is 23.1 Å². The number of sulfonamides is 1. The van der Waals surface area contributed by atoms with Gasteiger partial charge in [0, 0.05) is 17.2 Å². The molecule has 0 radical (unpaired) electrons. The molecule has 0 aromatic heterocycles. The second kappa shape index (κ2) is 5.78. The molecule has 0 unspecified atom stereocenters. The Labute approximate surface area is 122 Å². The van der Waals surface area contributed by atoms with Crippen molar-refractivity contribution in [1.82, 2.24) is 4.72 Å². The van der Waals surface area contributed by atoms with E-state index in [0.29, 0.717) is 0 Å². The molecule has 0 aliphatic carbocycles. The van der Waals surface area contributed by atoms with Crippen molar-refractivity contribution in [2.24, 2.45) is 0 Å². The van der Waals surface area contributed by atoms with Gasteiger partial charge in [-0.15, -0.1) is 0 Å². The highest BCUT2D eigenvalue weighted by molar-refractivity contribution is 7.89. The van der Waals surface area contributed by atoms with Crippen LogP contribution in [0.3, 0.4) is 0 Å². The largest absolute Gasteiger partial charge is 0.481 e. The number of nitrogens with zero attached hydrogens (tertiary/aromatic N) is 1. The van der Waals surface area contributed by atoms with E-state index in [-0.39, 0.29) is 16.1 Å². The van der Waals surface area contributed by atoms with Gasteiger partial charge >= 0.3 is 5.97 Å². The van der Waals surface area contributed by atoms with Gasteiger partial charge in [-0.05, 0) is 26.8 Å². The van der Waals surface area contributed by atoms with E-state index in [1.54, 1.807) is 0 Å². The quantitative estimate of drug-likeness (QED) is 0.604. The minimum atomic E-state index is -4.07. The summed E-state index contributed by atoms with van der Waals surface area (Å²) < 4.78 is 26.9. The third-order valence-corrected chi connectivity index (χ3v) is 4.59. The third-order valence-electron chi connectivity index (χ3n) is 2.75. The maximum atomic E-state index is 12.3. The average Bonchev–Trinajstić information content (AvgIpc) is 2.24. The standard InChI is InChI=1S/C12H16N2O6S/c1-8-9(14(17)18)5-4-6-10(8)21(19,20)13-12(2,3)7-11(15)16/h4-6,13H,7H2,1-3H3,(H,15,16). The molecule has 0 aliphatic heterocycles. The molecule has 2 N–H and O–H groups in total. The maximum absolute atomic E-state index is 12.3. The van der Waals surface area contributed by atoms with E-state index >= 15 is 0 Å². The van der Waals surface area contributed by atoms with Gasteiger partial charge in [0.15, 0.2) is 0 Å². The van der Waals surface area contributed by atoms with Gasteiger partial charge < -0.3 is 5.11 Å². The lowest BCUT2D eigenvalue weighted by atomic mass is 10.0. The average molecular weight is 316 g/mol. The number of nitro groups is 1. The molecular weight excluding hydrogens is 300 g/mol. The first-order chi connectivity index (χ1) is 9.46. The fraction of sp³-hybridized carbons (Fsp3) is 0.417. The number of carboxylic acids is 1. The van der Waals surface area contributed by atoms with Gasteiger partial charge in [-0.3, -0.25) is 14.9 Å². The predicted octanol–water partition coefficient (Wildman–Crippen LogP) is 1.43. The van der Waals surface area contributed by atoms with Crippen LogP contribution in [0.1, 0.15) is 25.8 Å². The molecule has 1 aromatic rings. The fourth-order valence-corrected chi connectivity index (χ4v) is 3.60. The van der Waals surface area contributed by atoms with E-state index in [1.807, 2.05) is 0 Å². The van der Waals surface area contributed by atoms with Crippen LogP contribution in [0.25, 0.3) is 0 Å². The Hall–Kier alpha value is -2.00. The van der Waals surface area contributed by atoms with Crippen molar-refractivity contribution in [2.75, 3.05) is 0 Å². The van der Waals surface area contributed by atoms with Crippen LogP contribution in [-0.2, 0) is 14.8 Å². The Balaban J connectivity index is 3.24. The molecule has 21 heavy (non-hydrogen) atoms. The molecule has 0 bridgehead atoms. The van der Waals surface area contributed by atoms with Crippen LogP contribution in [0.5, 0.6) is 0 Å². The molecule has 1 rings (SSSR count). The van der Waals surface area contributed by atoms with Gasteiger partial charge in [-0.1, -0.05) is 6.07 Å². The van der Waals surface area contributed by atoms with Gasteiger partial charge in [0.2, 0.25) is 10.0 Å². The van der Waals surface area contributed by atoms with Crippen molar-refractivity contribution in [3.05, 3.63) is 33.9 Å². The van der Waals surface area contributed by atoms with E-state index < -0.39 is 32.9 Å². The number of hydrogen-bond donors (Lipinski definition) is 2. The number of carboxylic acid groups (broad SMARTS) is 1. The minimum Gasteiger partial charge on any atom is -0.481 e. The highest BCUT2D eigenvalue weighted by Crippen LogP contribution is 2.26. The number of rotatable bonds is 6. The molecule has 9 heteroatoms. The van der Waals surface area contributed by atoms with E-state index in [4.69, 9.17) is 5.11 Å². The Morgan fingerprint density at radius 2 is 2.00 bits per heavy atom. The normalized spacial score (nSPS) is 12.1. The summed E-state index contributed by atoms with van der Waals surface area (Å²) in [6, 6.07) is 3.71. The Kier molecular flexibility index (Phi) is 4.69. The zero-order valence-electron chi connectivity index (χ0n) is 11.8. The number of hydrogen-bond acceptors (Lipinski definition) is 5. The minimum absolute atomic E-state index is 0.00104. The summed E-state index contributed by atoms with van der Waals surface area (Å²) >= 11 is 0. The van der Waals surface area contributed by atoms with E-state index in [9.17, 15) is 23.3 Å². The lowest BCUT2D eigenvalue weighted by molar-refractivity contribution is -0.385. The summed E-state index contributed by atoms with van der Waals surface area (Å²) in [5, 5.41) is 19.6. The summed E-state index contributed by atoms with van der Waals surface area (Å²) in [5.74, 6) is -1.15. The molecular formula is C12H16N2O6S. The number of benzene rings is 1. The maximum Gasteiger partial charge on any atom is 0.305 e. The summed E-state index contributed by atoms with van der Waals surface area (Å²) in [6.45, 7) is 4.17. The van der Waals surface area contributed by atoms with Crippen molar-refractivity contribution in [3.8, 4) is 0 Å². The van der Waals surface area contributed by atoms with Crippen molar-refractivity contribution in [3.63, 3.8) is 0 Å². The van der Waals surface area contributed by atoms with Crippen LogP contribution in [0.2, 0.25) is 0 Å². The summed E-state index contributed by atoms with van der Waals surface area (Å²) in [6.07, 6.45) is -0.416. The Morgan fingerprint density at radius 3 is 2.48 bits per heavy atom. The Morgan fingerprint density at radius 1 is 1.43 bits per heavy atom. The molecule has 0 heterocycles. The topological polar surface area (TPSA) is 127 Å². The zero-order chi connectivity index (χ0) is 16.4. The highest BCUT2D eigenvalue weighted by Gasteiger charge is 2.31. The molecule has 0 aliphatic rings. The highest BCUT2D eigenvalue weighted by atomic mass is 32.2. The molecule has 0 spiro atoms. The van der Waals surface area contributed by atoms with Crippen LogP contribution in [-0.4, -0.2) is 30.0 Å². The van der Waals surface area contributed by atoms with Crippen molar-refractivity contribution < 1.29 is 23.2 Å². The lowest BCUT2D eigenvalue weighted by Crippen LogP contribution is -2.45. The monoisotopic (exact) mass is 316 g/mol. The molecule has 0 saturated heterocycles. The second-order valence-corrected chi connectivity index (χ2v) is 6.87. The summed E-state index contributed by atoms with van der Waals surface area (Å²) in [4.78, 5) is 20.7. The van der Waals surface area contributed by atoms with Gasteiger partial charge in [0.05, 0.1) is 16.2 Å². The van der Waals surface area contributed by atoms with Crippen molar-refractivity contribution in [1.29, 1.82) is 0 Å². The molecule has 0 fully saturated rings. The Bertz CT molecular complexity index is 681. The lowest BCUT2D eigenvalue weighted by Gasteiger charge is -2.24.